The van der Waals surface area contributed by atoms with Gasteiger partial charge < -0.3 is 84.5 Å². The molecule has 28 nitrogen and oxygen atoms in total. The first-order chi connectivity index (χ1) is 52.7. The number of hydrogen-bond acceptors (Lipinski definition) is 21. The Hall–Kier alpha value is -10.4. The van der Waals surface area contributed by atoms with E-state index in [4.69, 9.17) is 37.9 Å². The molecule has 8 N–H and O–H groups in total. The summed E-state index contributed by atoms with van der Waals surface area (Å²) in [5.74, 6) is -6.96. The number of aliphatic hydroxyl groups excluding tert-OH is 4. The maximum Gasteiger partial charge on any atom is 0.418 e. The summed E-state index contributed by atoms with van der Waals surface area (Å²) in [7, 11) is -0.986. The van der Waals surface area contributed by atoms with E-state index in [1.165, 1.54) is 13.0 Å². The average Bonchev–Trinajstić information content (AvgIpc) is 1.59. The molecule has 0 saturated carbocycles. The number of aliphatic hydroxyl groups is 4. The smallest absolute Gasteiger partial charge is 0.418 e. The van der Waals surface area contributed by atoms with Crippen molar-refractivity contribution in [1.29, 1.82) is 0 Å². The summed E-state index contributed by atoms with van der Waals surface area (Å²) < 4.78 is 48.4. The molecule has 0 spiro atoms. The van der Waals surface area contributed by atoms with Gasteiger partial charge in [0.05, 0.1) is 64.1 Å². The van der Waals surface area contributed by atoms with Crippen LogP contribution >= 0.6 is 0 Å². The number of nitrogens with one attached hydrogen (secondary N) is 4. The van der Waals surface area contributed by atoms with Gasteiger partial charge in [-0.1, -0.05) is 203 Å². The molecular formula is C81H101N7O21Si. The maximum absolute atomic E-state index is 16.4. The van der Waals surface area contributed by atoms with Crippen molar-refractivity contribution >= 4 is 61.9 Å². The van der Waals surface area contributed by atoms with Crippen LogP contribution in [0.2, 0.25) is 25.7 Å². The summed E-state index contributed by atoms with van der Waals surface area (Å²) in [6, 6.07) is 40.2. The van der Waals surface area contributed by atoms with Crippen LogP contribution in [0.5, 0.6) is 5.75 Å². The minimum atomic E-state index is -2.04. The zero-order chi connectivity index (χ0) is 79.4. The molecule has 2 saturated heterocycles. The zero-order valence-electron chi connectivity index (χ0n) is 62.9. The molecule has 590 valence electrons. The monoisotopic (exact) mass is 1540 g/mol. The highest BCUT2D eigenvalue weighted by atomic mass is 28.3. The molecule has 0 aromatic heterocycles. The number of likely N-dealkylation sites (tertiary alicyclic amines) is 2. The predicted octanol–water partition coefficient (Wildman–Crippen LogP) is 6.86. The van der Waals surface area contributed by atoms with Crippen molar-refractivity contribution in [3.63, 3.8) is 0 Å². The molecular weight excluding hydrogens is 1440 g/mol. The maximum atomic E-state index is 16.4. The molecule has 6 aromatic carbocycles. The van der Waals surface area contributed by atoms with Crippen molar-refractivity contribution in [2.24, 2.45) is 5.92 Å². The third kappa shape index (κ3) is 25.3. The molecule has 0 radical (unpaired) electrons. The molecule has 2 aliphatic heterocycles. The second-order valence-electron chi connectivity index (χ2n) is 28.4. The number of imide groups is 1. The van der Waals surface area contributed by atoms with E-state index in [0.29, 0.717) is 38.9 Å². The van der Waals surface area contributed by atoms with E-state index in [2.05, 4.69) is 47.5 Å². The van der Waals surface area contributed by atoms with E-state index in [1.807, 2.05) is 48.5 Å². The van der Waals surface area contributed by atoms with Crippen LogP contribution in [0.1, 0.15) is 67.0 Å². The first kappa shape index (κ1) is 85.2. The molecule has 8 amide bonds. The van der Waals surface area contributed by atoms with Crippen LogP contribution in [0.25, 0.3) is 0 Å². The number of rotatable bonds is 38. The Morgan fingerprint density at radius 1 is 0.600 bits per heavy atom. The highest BCUT2D eigenvalue weighted by Gasteiger charge is 2.54. The lowest BCUT2D eigenvalue weighted by atomic mass is 9.99. The summed E-state index contributed by atoms with van der Waals surface area (Å²) in [4.78, 5) is 137. The van der Waals surface area contributed by atoms with Crippen LogP contribution < -0.4 is 26.0 Å². The van der Waals surface area contributed by atoms with Gasteiger partial charge in [0.2, 0.25) is 23.6 Å². The number of carbonyl (C=O) groups excluding carboxylic acids is 9. The van der Waals surface area contributed by atoms with Gasteiger partial charge in [-0.25, -0.2) is 24.1 Å². The normalized spacial score (nSPS) is 18.6. The first-order valence-electron chi connectivity index (χ1n) is 36.5. The number of amides is 8. The molecule has 29 heteroatoms. The van der Waals surface area contributed by atoms with Crippen LogP contribution in [0, 0.1) is 5.92 Å². The van der Waals surface area contributed by atoms with Crippen molar-refractivity contribution < 1.29 is 101 Å². The summed E-state index contributed by atoms with van der Waals surface area (Å²) in [5.41, 5.74) is 3.67. The molecule has 2 aliphatic rings. The Balaban J connectivity index is 1.18. The summed E-state index contributed by atoms with van der Waals surface area (Å²) >= 11 is 0. The van der Waals surface area contributed by atoms with Gasteiger partial charge in [-0.2, -0.15) is 0 Å². The molecule has 0 bridgehead atoms. The molecule has 8 rings (SSSR count). The summed E-state index contributed by atoms with van der Waals surface area (Å²) in [6.07, 6.45) is -15.1. The number of methoxy groups -OCH3 is 1. The highest BCUT2D eigenvalue weighted by molar-refractivity contribution is 6.76. The van der Waals surface area contributed by atoms with E-state index in [-0.39, 0.29) is 59.2 Å². The average molecular weight is 1540 g/mol. The van der Waals surface area contributed by atoms with E-state index >= 15 is 19.2 Å². The topological polar surface area (TPSA) is 366 Å². The first-order valence-corrected chi connectivity index (χ1v) is 40.2. The number of carbonyl (C=O) groups is 9. The van der Waals surface area contributed by atoms with Gasteiger partial charge in [0.25, 0.3) is 5.91 Å². The Bertz CT molecular complexity index is 3960. The zero-order valence-corrected chi connectivity index (χ0v) is 63.9. The Morgan fingerprint density at radius 3 is 1.66 bits per heavy atom. The molecule has 14 atom stereocenters. The number of β-amino-alcohol motifs (C(OH)–C–C–N with tert-alkyl or cyclic N) is 1. The summed E-state index contributed by atoms with van der Waals surface area (Å²) in [5, 5.41) is 55.6. The lowest BCUT2D eigenvalue weighted by Crippen LogP contribution is -2.63. The van der Waals surface area contributed by atoms with E-state index in [9.17, 15) is 44.4 Å². The molecule has 2 heterocycles. The Morgan fingerprint density at radius 2 is 1.13 bits per heavy atom. The number of hydrogen-bond donors (Lipinski definition) is 8. The fourth-order valence-electron chi connectivity index (χ4n) is 12.5. The van der Waals surface area contributed by atoms with Crippen molar-refractivity contribution in [3.05, 3.63) is 222 Å². The SMILES string of the molecule is C=CCOC(=O)N1C[C@H](C)[C@H](OCc2ccccc2)[C@H]1C(=O)N(C(=O)OCC[Si](C)(C)C)[C@H](OCc1ccccc1)[C@@H](C[C@H](NC(=O)OCc1ccccc1)C(=O)N[C@H](C(=O)N1C[C@H](O)C[C@H]1C(=O)N[C@H](C(=O)N[C@H](C(=O)OC)[C@@H](C)O)[C@H](O)Cc1ccc(OCc2ccccc2)cc1)[C@@H](C)O)OCc1ccccc1. The molecule has 0 unspecified atom stereocenters. The quantitative estimate of drug-likeness (QED) is 0.00644. The van der Waals surface area contributed by atoms with Crippen molar-refractivity contribution in [2.75, 3.05) is 33.4 Å². The van der Waals surface area contributed by atoms with Crippen LogP contribution in [0.3, 0.4) is 0 Å². The number of nitrogens with zero attached hydrogens (tertiary/aromatic N) is 3. The molecule has 110 heavy (non-hydrogen) atoms. The van der Waals surface area contributed by atoms with Gasteiger partial charge in [-0.15, -0.1) is 0 Å². The number of ether oxygens (including phenoxy) is 8. The third-order valence-corrected chi connectivity index (χ3v) is 20.2. The van der Waals surface area contributed by atoms with Gasteiger partial charge in [-0.3, -0.25) is 28.9 Å². The van der Waals surface area contributed by atoms with Crippen molar-refractivity contribution in [3.8, 4) is 5.75 Å². The fourth-order valence-corrected chi connectivity index (χ4v) is 13.2. The predicted molar refractivity (Wildman–Crippen MR) is 405 cm³/mol. The Kier molecular flexibility index (Phi) is 32.5. The van der Waals surface area contributed by atoms with Crippen LogP contribution in [-0.2, 0) is 101 Å². The largest absolute Gasteiger partial charge is 0.489 e. The Labute approximate surface area is 641 Å². The van der Waals surface area contributed by atoms with Crippen molar-refractivity contribution in [1.82, 2.24) is 36.0 Å². The van der Waals surface area contributed by atoms with Crippen molar-refractivity contribution in [2.45, 2.75) is 178 Å². The van der Waals surface area contributed by atoms with Crippen LogP contribution in [-0.4, -0.2) is 210 Å². The minimum absolute atomic E-state index is 0.0454. The van der Waals surface area contributed by atoms with Crippen LogP contribution in [0.4, 0.5) is 14.4 Å². The van der Waals surface area contributed by atoms with Crippen LogP contribution in [0.15, 0.2) is 189 Å². The van der Waals surface area contributed by atoms with Gasteiger partial charge in [-0.05, 0) is 65.4 Å². The van der Waals surface area contributed by atoms with Gasteiger partial charge >= 0.3 is 24.2 Å². The second-order valence-corrected chi connectivity index (χ2v) is 34.0. The molecule has 2 fully saturated rings. The lowest BCUT2D eigenvalue weighted by Gasteiger charge is -2.39. The second kappa shape index (κ2) is 42.0. The molecule has 0 aliphatic carbocycles. The number of benzene rings is 6. The number of alkyl carbamates (subject to hydrolysis) is 1. The van der Waals surface area contributed by atoms with Gasteiger partial charge in [0.1, 0.15) is 61.9 Å². The van der Waals surface area contributed by atoms with E-state index < -0.39 is 166 Å². The van der Waals surface area contributed by atoms with Gasteiger partial charge in [0, 0.05) is 46.3 Å². The lowest BCUT2D eigenvalue weighted by molar-refractivity contribution is -0.175. The third-order valence-electron chi connectivity index (χ3n) is 18.5. The molecule has 6 aromatic rings. The standard InChI is InChI=1S/C81H101N7O21Si/c1-9-39-103-80(100)87-45-52(2)71(107-49-58-29-19-12-20-30-58)70(87)76(97)88(81(101)104-40-41-110(6,7)8)77(108-50-59-31-21-13-22-32-59)66(106-48-57-27-17-11-18-28-57)44-63(82-79(99)109-51-60-33-23-14-24-34-60)72(93)83-67(53(3)89)75(96)86-46-61(91)43-64(86)73(94)85-69(74(95)84-68(54(4)90)78(98)102-5)65(92)42-55-35-37-62(38-36-55)105-47-56-25-15-10-16-26-56/h9-38,52-54,61,63-71,77,89-92H,1,39-51H2,2-8H3,(H,82,99)(H,83,93)(H,84,95)(H,85,94)/t52-,53+,54+,61+,63-,64-,65+,66+,67-,68-,69-,70-,71-,77+/m0/s1. The van der Waals surface area contributed by atoms with Gasteiger partial charge in [0.15, 0.2) is 12.3 Å². The fraction of sp³-hybridized carbons (Fsp3) is 0.420. The number of esters is 1. The van der Waals surface area contributed by atoms with E-state index in [1.54, 1.807) is 134 Å². The summed E-state index contributed by atoms with van der Waals surface area (Å²) in [6.45, 7) is 12.0. The van der Waals surface area contributed by atoms with E-state index in [0.717, 1.165) is 35.0 Å². The minimum Gasteiger partial charge on any atom is -0.489 e. The highest BCUT2D eigenvalue weighted by Crippen LogP contribution is 2.33.